The van der Waals surface area contributed by atoms with Gasteiger partial charge in [0, 0.05) is 12.8 Å². The van der Waals surface area contributed by atoms with E-state index >= 15 is 0 Å². The van der Waals surface area contributed by atoms with E-state index < -0.39 is 42.1 Å². The van der Waals surface area contributed by atoms with Gasteiger partial charge < -0.3 is 24.9 Å². The van der Waals surface area contributed by atoms with E-state index in [1.807, 2.05) is 0 Å². The first kappa shape index (κ1) is 20.2. The summed E-state index contributed by atoms with van der Waals surface area (Å²) >= 11 is 0. The molecule has 0 bridgehead atoms. The molecule has 1 saturated heterocycles. The average Bonchev–Trinajstić information content (AvgIpc) is 2.90. The fraction of sp³-hybridized carbons (Fsp3) is 0.643. The van der Waals surface area contributed by atoms with E-state index in [-0.39, 0.29) is 19.3 Å². The van der Waals surface area contributed by atoms with Crippen LogP contribution in [0.2, 0.25) is 0 Å². The Morgan fingerprint density at radius 3 is 2.04 bits per heavy atom. The number of carbonyl (C=O) groups excluding carboxylic acids is 5. The van der Waals surface area contributed by atoms with E-state index in [1.54, 1.807) is 6.92 Å². The number of hydrogen-bond acceptors (Lipinski definition) is 8. The highest BCUT2D eigenvalue weighted by Crippen LogP contribution is 2.14. The van der Waals surface area contributed by atoms with Gasteiger partial charge in [0.1, 0.15) is 0 Å². The molecule has 1 rings (SSSR count). The number of imide groups is 1. The van der Waals surface area contributed by atoms with E-state index in [2.05, 4.69) is 20.1 Å². The molecule has 1 aliphatic rings. The molecule has 140 valence electrons. The molecule has 0 saturated carbocycles. The maximum atomic E-state index is 12.4. The number of amides is 4. The Labute approximate surface area is 143 Å². The number of nitrogens with one attached hydrogen (secondary N) is 2. The molecule has 0 spiro atoms. The van der Waals surface area contributed by atoms with Crippen LogP contribution in [-0.4, -0.2) is 61.3 Å². The van der Waals surface area contributed by atoms with Gasteiger partial charge in [0.05, 0.1) is 20.3 Å². The molecule has 1 fully saturated rings. The second-order valence-electron chi connectivity index (χ2n) is 5.14. The van der Waals surface area contributed by atoms with Gasteiger partial charge in [0.2, 0.25) is 0 Å². The van der Waals surface area contributed by atoms with Gasteiger partial charge in [-0.05, 0) is 6.42 Å². The van der Waals surface area contributed by atoms with Crippen LogP contribution in [0.1, 0.15) is 32.6 Å². The van der Waals surface area contributed by atoms with Crippen molar-refractivity contribution in [3.8, 4) is 0 Å². The maximum Gasteiger partial charge on any atom is 0.407 e. The fourth-order valence-electron chi connectivity index (χ4n) is 2.16. The number of ether oxygens (including phenoxy) is 2. The van der Waals surface area contributed by atoms with Gasteiger partial charge in [-0.1, -0.05) is 13.3 Å². The normalized spacial score (nSPS) is 16.0. The largest absolute Gasteiger partial charge is 0.453 e. The number of rotatable bonds is 7. The van der Waals surface area contributed by atoms with Crippen LogP contribution in [0.5, 0.6) is 0 Å². The van der Waals surface area contributed by atoms with Crippen molar-refractivity contribution in [2.75, 3.05) is 14.2 Å². The topological polar surface area (TPSA) is 140 Å². The van der Waals surface area contributed by atoms with Crippen molar-refractivity contribution in [2.45, 2.75) is 44.7 Å². The number of alkyl carbamates (subject to hydrolysis) is 2. The second kappa shape index (κ2) is 9.45. The van der Waals surface area contributed by atoms with E-state index in [4.69, 9.17) is 4.84 Å². The molecular weight excluding hydrogens is 338 g/mol. The molecule has 0 aromatic rings. The third-order valence-corrected chi connectivity index (χ3v) is 3.39. The Bertz CT molecular complexity index is 534. The van der Waals surface area contributed by atoms with Gasteiger partial charge in [-0.25, -0.2) is 14.4 Å². The molecule has 0 radical (unpaired) electrons. The van der Waals surface area contributed by atoms with Crippen LogP contribution in [0.3, 0.4) is 0 Å². The molecular formula is C14H21N3O8. The first-order valence-corrected chi connectivity index (χ1v) is 7.60. The highest BCUT2D eigenvalue weighted by molar-refractivity contribution is 6.02. The van der Waals surface area contributed by atoms with Crippen LogP contribution in [0.4, 0.5) is 9.59 Å². The van der Waals surface area contributed by atoms with Crippen molar-refractivity contribution >= 4 is 30.0 Å². The molecule has 2 unspecified atom stereocenters. The lowest BCUT2D eigenvalue weighted by molar-refractivity contribution is -0.199. The Hall–Kier alpha value is -2.85. The first-order valence-electron chi connectivity index (χ1n) is 7.60. The zero-order chi connectivity index (χ0) is 19.0. The fourth-order valence-corrected chi connectivity index (χ4v) is 2.16. The summed E-state index contributed by atoms with van der Waals surface area (Å²) in [5, 5.41) is 4.99. The molecule has 2 N–H and O–H groups in total. The third kappa shape index (κ3) is 5.62. The molecule has 11 heteroatoms. The lowest BCUT2D eigenvalue weighted by Gasteiger charge is -2.27. The SMILES string of the molecule is CCCC(NC(=O)OC)C(NC(=O)OC)C(=O)ON1C(=O)CCC1=O. The van der Waals surface area contributed by atoms with Crippen molar-refractivity contribution in [1.82, 2.24) is 15.7 Å². The number of carbonyl (C=O) groups is 5. The molecule has 11 nitrogen and oxygen atoms in total. The minimum Gasteiger partial charge on any atom is -0.453 e. The first-order chi connectivity index (χ1) is 11.8. The molecule has 0 aromatic carbocycles. The van der Waals surface area contributed by atoms with E-state index in [1.165, 1.54) is 0 Å². The Balaban J connectivity index is 2.96. The molecule has 25 heavy (non-hydrogen) atoms. The Morgan fingerprint density at radius 2 is 1.56 bits per heavy atom. The molecule has 1 heterocycles. The summed E-state index contributed by atoms with van der Waals surface area (Å²) in [7, 11) is 2.23. The van der Waals surface area contributed by atoms with Gasteiger partial charge >= 0.3 is 18.2 Å². The average molecular weight is 359 g/mol. The number of hydrogen-bond donors (Lipinski definition) is 2. The summed E-state index contributed by atoms with van der Waals surface area (Å²) in [6.07, 6.45) is -1.09. The summed E-state index contributed by atoms with van der Waals surface area (Å²) < 4.78 is 8.94. The van der Waals surface area contributed by atoms with Gasteiger partial charge in [0.15, 0.2) is 6.04 Å². The van der Waals surface area contributed by atoms with E-state index in [0.717, 1.165) is 14.2 Å². The monoisotopic (exact) mass is 359 g/mol. The predicted molar refractivity (Wildman–Crippen MR) is 80.7 cm³/mol. The molecule has 0 aromatic heterocycles. The summed E-state index contributed by atoms with van der Waals surface area (Å²) in [6, 6.07) is -2.30. The molecule has 4 amide bonds. The molecule has 2 atom stereocenters. The van der Waals surface area contributed by atoms with Gasteiger partial charge in [-0.3, -0.25) is 9.59 Å². The van der Waals surface area contributed by atoms with Crippen molar-refractivity contribution in [1.29, 1.82) is 0 Å². The van der Waals surface area contributed by atoms with Gasteiger partial charge in [0.25, 0.3) is 11.8 Å². The Morgan fingerprint density at radius 1 is 1.04 bits per heavy atom. The van der Waals surface area contributed by atoms with E-state index in [9.17, 15) is 24.0 Å². The van der Waals surface area contributed by atoms with Crippen molar-refractivity contribution in [2.24, 2.45) is 0 Å². The summed E-state index contributed by atoms with van der Waals surface area (Å²) in [6.45, 7) is 1.79. The van der Waals surface area contributed by atoms with Crippen molar-refractivity contribution in [3.63, 3.8) is 0 Å². The lowest BCUT2D eigenvalue weighted by atomic mass is 10.0. The number of methoxy groups -OCH3 is 2. The Kier molecular flexibility index (Phi) is 7.63. The highest BCUT2D eigenvalue weighted by atomic mass is 16.7. The lowest BCUT2D eigenvalue weighted by Crippen LogP contribution is -2.57. The van der Waals surface area contributed by atoms with Crippen LogP contribution in [0.15, 0.2) is 0 Å². The van der Waals surface area contributed by atoms with Crippen LogP contribution in [-0.2, 0) is 28.7 Å². The maximum absolute atomic E-state index is 12.4. The molecule has 0 aliphatic carbocycles. The summed E-state index contributed by atoms with van der Waals surface area (Å²) in [4.78, 5) is 63.4. The predicted octanol–water partition coefficient (Wildman–Crippen LogP) is -0.157. The van der Waals surface area contributed by atoms with Crippen LogP contribution in [0.25, 0.3) is 0 Å². The van der Waals surface area contributed by atoms with Gasteiger partial charge in [-0.2, -0.15) is 0 Å². The zero-order valence-corrected chi connectivity index (χ0v) is 14.2. The minimum absolute atomic E-state index is 0.0694. The zero-order valence-electron chi connectivity index (χ0n) is 14.2. The third-order valence-electron chi connectivity index (χ3n) is 3.39. The summed E-state index contributed by atoms with van der Waals surface area (Å²) in [5.41, 5.74) is 0. The summed E-state index contributed by atoms with van der Waals surface area (Å²) in [5.74, 6) is -2.42. The smallest absolute Gasteiger partial charge is 0.407 e. The van der Waals surface area contributed by atoms with Crippen LogP contribution < -0.4 is 10.6 Å². The van der Waals surface area contributed by atoms with Crippen molar-refractivity contribution < 1.29 is 38.3 Å². The number of hydroxylamine groups is 2. The highest BCUT2D eigenvalue weighted by Gasteiger charge is 2.38. The van der Waals surface area contributed by atoms with Gasteiger partial charge in [-0.15, -0.1) is 5.06 Å². The molecule has 1 aliphatic heterocycles. The second-order valence-corrected chi connectivity index (χ2v) is 5.14. The van der Waals surface area contributed by atoms with E-state index in [0.29, 0.717) is 11.5 Å². The van der Waals surface area contributed by atoms with Crippen LogP contribution >= 0.6 is 0 Å². The van der Waals surface area contributed by atoms with Crippen LogP contribution in [0, 0.1) is 0 Å². The quantitative estimate of drug-likeness (QED) is 0.598. The van der Waals surface area contributed by atoms with Crippen molar-refractivity contribution in [3.05, 3.63) is 0 Å². The number of nitrogens with zero attached hydrogens (tertiary/aromatic N) is 1. The standard InChI is InChI=1S/C14H21N3O8/c1-4-5-8(15-13(21)23-2)11(16-14(22)24-3)12(20)25-17-9(18)6-7-10(17)19/h8,11H,4-7H2,1-3H3,(H,15,21)(H,16,22). The minimum atomic E-state index is -1.40.